The third kappa shape index (κ3) is 1.47. The highest BCUT2D eigenvalue weighted by atomic mass is 16.3. The van der Waals surface area contributed by atoms with E-state index in [0.717, 1.165) is 25.1 Å². The molecule has 5 aliphatic heterocycles. The van der Waals surface area contributed by atoms with Crippen LogP contribution in [0.3, 0.4) is 0 Å². The summed E-state index contributed by atoms with van der Waals surface area (Å²) in [6.07, 6.45) is 4.05. The van der Waals surface area contributed by atoms with Gasteiger partial charge in [0.25, 0.3) is 0 Å². The van der Waals surface area contributed by atoms with Crippen LogP contribution in [0.4, 0.5) is 5.69 Å². The van der Waals surface area contributed by atoms with Gasteiger partial charge in [0.2, 0.25) is 5.91 Å². The lowest BCUT2D eigenvalue weighted by Crippen LogP contribution is -2.59. The van der Waals surface area contributed by atoms with Crippen molar-refractivity contribution in [3.8, 4) is 0 Å². The largest absolute Gasteiger partial charge is 0.396 e. The molecular formula is C19H22N2O2. The molecule has 6 atom stereocenters. The molecule has 4 heteroatoms. The third-order valence-electron chi connectivity index (χ3n) is 6.90. The van der Waals surface area contributed by atoms with Crippen molar-refractivity contribution in [2.75, 3.05) is 18.5 Å². The molecule has 4 fully saturated rings. The van der Waals surface area contributed by atoms with Gasteiger partial charge in [-0.1, -0.05) is 29.8 Å². The number of amides is 1. The Balaban J connectivity index is 1.66. The maximum atomic E-state index is 13.0. The highest BCUT2D eigenvalue weighted by molar-refractivity contribution is 6.07. The molecule has 0 aromatic heterocycles. The molecule has 1 spiro atoms. The molecule has 1 aromatic rings. The number of para-hydroxylation sites is 1. The molecule has 6 rings (SSSR count). The maximum absolute atomic E-state index is 13.0. The molecule has 1 amide bonds. The average Bonchev–Trinajstić information content (AvgIpc) is 3.01. The highest BCUT2D eigenvalue weighted by Gasteiger charge is 2.67. The molecule has 5 aliphatic rings. The lowest BCUT2D eigenvalue weighted by Gasteiger charge is -2.52. The summed E-state index contributed by atoms with van der Waals surface area (Å²) in [6.45, 7) is 3.28. The van der Waals surface area contributed by atoms with Gasteiger partial charge in [-0.2, -0.15) is 0 Å². The number of rotatable bonds is 1. The Hall–Kier alpha value is -1.65. The monoisotopic (exact) mass is 310 g/mol. The smallest absolute Gasteiger partial charge is 0.236 e. The zero-order valence-electron chi connectivity index (χ0n) is 13.3. The van der Waals surface area contributed by atoms with Gasteiger partial charge < -0.3 is 10.4 Å². The van der Waals surface area contributed by atoms with Gasteiger partial charge in [0, 0.05) is 36.8 Å². The Labute approximate surface area is 136 Å². The van der Waals surface area contributed by atoms with E-state index in [1.807, 2.05) is 18.2 Å². The molecule has 23 heavy (non-hydrogen) atoms. The predicted molar refractivity (Wildman–Crippen MR) is 88.1 cm³/mol. The summed E-state index contributed by atoms with van der Waals surface area (Å²) in [4.78, 5) is 15.5. The Kier molecular flexibility index (Phi) is 2.67. The fraction of sp³-hybridized carbons (Fsp3) is 0.526. The van der Waals surface area contributed by atoms with Crippen LogP contribution < -0.4 is 5.32 Å². The molecular weight excluding hydrogens is 288 g/mol. The Bertz CT molecular complexity index is 728. The van der Waals surface area contributed by atoms with Crippen LogP contribution in [-0.4, -0.2) is 41.1 Å². The normalized spacial score (nSPS) is 44.9. The van der Waals surface area contributed by atoms with Gasteiger partial charge >= 0.3 is 0 Å². The molecule has 1 unspecified atom stereocenters. The van der Waals surface area contributed by atoms with E-state index in [0.29, 0.717) is 12.0 Å². The Morgan fingerprint density at radius 2 is 2.26 bits per heavy atom. The minimum Gasteiger partial charge on any atom is -0.396 e. The number of carbonyl (C=O) groups excluding carboxylic acids is 1. The first kappa shape index (κ1) is 13.8. The van der Waals surface area contributed by atoms with E-state index >= 15 is 0 Å². The minimum absolute atomic E-state index is 0.164. The predicted octanol–water partition coefficient (Wildman–Crippen LogP) is 1.91. The number of piperidine rings is 3. The van der Waals surface area contributed by atoms with E-state index in [9.17, 15) is 9.90 Å². The van der Waals surface area contributed by atoms with Gasteiger partial charge in [-0.15, -0.1) is 0 Å². The summed E-state index contributed by atoms with van der Waals surface area (Å²) in [5.41, 5.74) is 3.18. The summed E-state index contributed by atoms with van der Waals surface area (Å²) in [6, 6.07) is 8.75. The van der Waals surface area contributed by atoms with Gasteiger partial charge in [-0.3, -0.25) is 9.69 Å². The van der Waals surface area contributed by atoms with Crippen LogP contribution in [0.15, 0.2) is 35.9 Å². The lowest BCUT2D eigenvalue weighted by atomic mass is 9.69. The number of nitrogens with one attached hydrogen (secondary N) is 1. The zero-order chi connectivity index (χ0) is 15.8. The number of hydrogen-bond donors (Lipinski definition) is 2. The number of allylic oxidation sites excluding steroid dienone is 1. The number of hydrogen-bond acceptors (Lipinski definition) is 3. The van der Waals surface area contributed by atoms with E-state index in [1.165, 1.54) is 11.1 Å². The van der Waals surface area contributed by atoms with Crippen molar-refractivity contribution in [3.05, 3.63) is 41.5 Å². The number of anilines is 1. The van der Waals surface area contributed by atoms with E-state index in [2.05, 4.69) is 29.3 Å². The first-order valence-corrected chi connectivity index (χ1v) is 8.63. The number of benzene rings is 1. The molecule has 5 heterocycles. The van der Waals surface area contributed by atoms with Gasteiger partial charge in [0.05, 0.1) is 5.41 Å². The van der Waals surface area contributed by atoms with E-state index in [1.54, 1.807) is 0 Å². The molecule has 0 radical (unpaired) electrons. The first-order chi connectivity index (χ1) is 11.2. The van der Waals surface area contributed by atoms with Crippen LogP contribution in [0.5, 0.6) is 0 Å². The molecule has 0 aliphatic carbocycles. The maximum Gasteiger partial charge on any atom is 0.236 e. The number of aliphatic hydroxyl groups is 1. The summed E-state index contributed by atoms with van der Waals surface area (Å²) in [7, 11) is 0. The summed E-state index contributed by atoms with van der Waals surface area (Å²) >= 11 is 0. The molecule has 4 nitrogen and oxygen atoms in total. The second kappa shape index (κ2) is 4.46. The molecule has 120 valence electrons. The standard InChI is InChI=1S/C19H22N2O2/c1-2-11-9-21-16-8-19(17(21)7-12(11)13(16)10-22)14-5-3-4-6-15(14)20-18(19)23/h2-6,12-13,16-17,22H,7-10H2,1H3,(H,20,23)/b11-2+/t12-,13-,16-,17-,19-/m0/s1. The number of aliphatic hydroxyl groups excluding tert-OH is 1. The van der Waals surface area contributed by atoms with Crippen molar-refractivity contribution in [3.63, 3.8) is 0 Å². The van der Waals surface area contributed by atoms with Crippen molar-refractivity contribution >= 4 is 11.6 Å². The van der Waals surface area contributed by atoms with E-state index in [-0.39, 0.29) is 24.5 Å². The van der Waals surface area contributed by atoms with Gasteiger partial charge in [-0.25, -0.2) is 0 Å². The molecule has 4 bridgehead atoms. The van der Waals surface area contributed by atoms with Crippen LogP contribution >= 0.6 is 0 Å². The fourth-order valence-corrected chi connectivity index (χ4v) is 5.92. The third-order valence-corrected chi connectivity index (χ3v) is 6.90. The fourth-order valence-electron chi connectivity index (χ4n) is 5.92. The van der Waals surface area contributed by atoms with Crippen LogP contribution in [0, 0.1) is 11.8 Å². The number of nitrogens with zero attached hydrogens (tertiary/aromatic N) is 1. The van der Waals surface area contributed by atoms with Crippen molar-refractivity contribution in [2.24, 2.45) is 11.8 Å². The summed E-state index contributed by atoms with van der Waals surface area (Å²) in [5, 5.41) is 13.1. The topological polar surface area (TPSA) is 52.6 Å². The van der Waals surface area contributed by atoms with Crippen LogP contribution in [-0.2, 0) is 10.2 Å². The summed E-state index contributed by atoms with van der Waals surface area (Å²) < 4.78 is 0. The Morgan fingerprint density at radius 3 is 3.04 bits per heavy atom. The SMILES string of the molecule is C/C=C1\CN2[C@H]3C[C@@H]1[C@H](CO)[C@@H]2C[C@@]31C(=O)Nc2ccccc21. The number of fused-ring (bicyclic) bond motifs is 3. The zero-order valence-corrected chi connectivity index (χ0v) is 13.3. The van der Waals surface area contributed by atoms with Crippen molar-refractivity contribution in [2.45, 2.75) is 37.3 Å². The molecule has 4 saturated heterocycles. The van der Waals surface area contributed by atoms with Gasteiger partial charge in [0.15, 0.2) is 0 Å². The second-order valence-electron chi connectivity index (χ2n) is 7.48. The van der Waals surface area contributed by atoms with E-state index in [4.69, 9.17) is 0 Å². The lowest BCUT2D eigenvalue weighted by molar-refractivity contribution is -0.122. The van der Waals surface area contributed by atoms with Crippen molar-refractivity contribution < 1.29 is 9.90 Å². The van der Waals surface area contributed by atoms with Crippen molar-refractivity contribution in [1.29, 1.82) is 0 Å². The number of carbonyl (C=O) groups is 1. The molecule has 0 saturated carbocycles. The second-order valence-corrected chi connectivity index (χ2v) is 7.48. The minimum atomic E-state index is -0.414. The molecule has 2 N–H and O–H groups in total. The quantitative estimate of drug-likeness (QED) is 0.779. The summed E-state index contributed by atoms with van der Waals surface area (Å²) in [5.74, 6) is 0.869. The molecule has 1 aromatic carbocycles. The van der Waals surface area contributed by atoms with Crippen LogP contribution in [0.1, 0.15) is 25.3 Å². The van der Waals surface area contributed by atoms with Crippen LogP contribution in [0.25, 0.3) is 0 Å². The average molecular weight is 310 g/mol. The van der Waals surface area contributed by atoms with Gasteiger partial charge in [-0.05, 0) is 37.3 Å². The van der Waals surface area contributed by atoms with Crippen molar-refractivity contribution in [1.82, 2.24) is 4.90 Å². The van der Waals surface area contributed by atoms with E-state index < -0.39 is 5.41 Å². The Morgan fingerprint density at radius 1 is 1.43 bits per heavy atom. The first-order valence-electron chi connectivity index (χ1n) is 8.63. The van der Waals surface area contributed by atoms with Crippen LogP contribution in [0.2, 0.25) is 0 Å². The highest BCUT2D eigenvalue weighted by Crippen LogP contribution is 2.60. The van der Waals surface area contributed by atoms with Gasteiger partial charge in [0.1, 0.15) is 0 Å².